The van der Waals surface area contributed by atoms with Crippen molar-refractivity contribution >= 4 is 22.2 Å². The summed E-state index contributed by atoms with van der Waals surface area (Å²) in [7, 11) is 0. The SMILES string of the molecule is Cc1cn2c(CCC(=O)NCCN(C(C)C)C3CC3)csc2n1. The third-order valence-electron chi connectivity index (χ3n) is 4.38. The average Bonchev–Trinajstić information content (AvgIpc) is 3.16. The highest BCUT2D eigenvalue weighted by molar-refractivity contribution is 7.15. The third-order valence-corrected chi connectivity index (χ3v) is 5.27. The summed E-state index contributed by atoms with van der Waals surface area (Å²) in [6, 6.07) is 1.30. The van der Waals surface area contributed by atoms with Crippen LogP contribution in [0, 0.1) is 6.92 Å². The summed E-state index contributed by atoms with van der Waals surface area (Å²) in [6.45, 7) is 8.16. The van der Waals surface area contributed by atoms with Crippen molar-refractivity contribution in [2.24, 2.45) is 0 Å². The minimum atomic E-state index is 0.140. The second-order valence-electron chi connectivity index (χ2n) is 6.67. The molecule has 0 radical (unpaired) electrons. The summed E-state index contributed by atoms with van der Waals surface area (Å²) < 4.78 is 2.10. The van der Waals surface area contributed by atoms with Gasteiger partial charge in [-0.1, -0.05) is 0 Å². The highest BCUT2D eigenvalue weighted by atomic mass is 32.1. The molecule has 5 nitrogen and oxygen atoms in total. The van der Waals surface area contributed by atoms with Gasteiger partial charge in [-0.15, -0.1) is 11.3 Å². The zero-order valence-corrected chi connectivity index (χ0v) is 15.0. The molecular formula is C17H26N4OS. The first-order valence-corrected chi connectivity index (χ1v) is 9.37. The largest absolute Gasteiger partial charge is 0.355 e. The zero-order chi connectivity index (χ0) is 16.4. The van der Waals surface area contributed by atoms with Gasteiger partial charge in [-0.05, 0) is 40.0 Å². The zero-order valence-electron chi connectivity index (χ0n) is 14.2. The molecule has 2 aromatic heterocycles. The number of hydrogen-bond donors (Lipinski definition) is 1. The van der Waals surface area contributed by atoms with Gasteiger partial charge in [0.15, 0.2) is 4.96 Å². The van der Waals surface area contributed by atoms with Crippen LogP contribution in [0.15, 0.2) is 11.6 Å². The average molecular weight is 334 g/mol. The van der Waals surface area contributed by atoms with Crippen LogP contribution in [-0.4, -0.2) is 45.4 Å². The van der Waals surface area contributed by atoms with Crippen molar-refractivity contribution in [3.05, 3.63) is 23.0 Å². The highest BCUT2D eigenvalue weighted by Gasteiger charge is 2.30. The van der Waals surface area contributed by atoms with E-state index in [0.29, 0.717) is 12.5 Å². The van der Waals surface area contributed by atoms with E-state index in [2.05, 4.69) is 38.8 Å². The standard InChI is InChI=1S/C17H26N4OS/c1-12(2)20(14-4-5-14)9-8-18-16(22)7-6-15-11-23-17-19-13(3)10-21(15)17/h10-12,14H,4-9H2,1-3H3,(H,18,22). The van der Waals surface area contributed by atoms with E-state index in [-0.39, 0.29) is 5.91 Å². The lowest BCUT2D eigenvalue weighted by atomic mass is 10.2. The van der Waals surface area contributed by atoms with E-state index in [1.165, 1.54) is 18.5 Å². The van der Waals surface area contributed by atoms with Crippen molar-refractivity contribution in [2.45, 2.75) is 58.5 Å². The molecule has 23 heavy (non-hydrogen) atoms. The quantitative estimate of drug-likeness (QED) is 0.807. The summed E-state index contributed by atoms with van der Waals surface area (Å²) in [4.78, 5) is 20.0. The van der Waals surface area contributed by atoms with Gasteiger partial charge < -0.3 is 5.32 Å². The number of aromatic nitrogens is 2. The predicted octanol–water partition coefficient (Wildman–Crippen LogP) is 2.63. The number of thiazole rings is 1. The van der Waals surface area contributed by atoms with Gasteiger partial charge in [-0.3, -0.25) is 14.1 Å². The van der Waals surface area contributed by atoms with E-state index in [4.69, 9.17) is 0 Å². The van der Waals surface area contributed by atoms with Gasteiger partial charge in [0.2, 0.25) is 5.91 Å². The molecule has 1 aliphatic rings. The van der Waals surface area contributed by atoms with Crippen molar-refractivity contribution in [1.29, 1.82) is 0 Å². The van der Waals surface area contributed by atoms with Crippen LogP contribution in [0.2, 0.25) is 0 Å². The van der Waals surface area contributed by atoms with E-state index in [9.17, 15) is 4.79 Å². The number of nitrogens with one attached hydrogen (secondary N) is 1. The number of amides is 1. The van der Waals surface area contributed by atoms with Crippen LogP contribution < -0.4 is 5.32 Å². The maximum absolute atomic E-state index is 12.1. The molecule has 0 atom stereocenters. The number of hydrogen-bond acceptors (Lipinski definition) is 4. The Bertz CT molecular complexity index is 669. The van der Waals surface area contributed by atoms with E-state index >= 15 is 0 Å². The normalized spacial score (nSPS) is 15.0. The lowest BCUT2D eigenvalue weighted by Gasteiger charge is -2.26. The minimum absolute atomic E-state index is 0.140. The molecule has 1 aliphatic carbocycles. The molecule has 0 aliphatic heterocycles. The molecule has 1 N–H and O–H groups in total. The number of fused-ring (bicyclic) bond motifs is 1. The molecule has 1 saturated carbocycles. The topological polar surface area (TPSA) is 49.6 Å². The molecule has 1 amide bonds. The number of carbonyl (C=O) groups excluding carboxylic acids is 1. The Hall–Kier alpha value is -1.40. The maximum atomic E-state index is 12.1. The van der Waals surface area contributed by atoms with Gasteiger partial charge in [-0.2, -0.15) is 0 Å². The summed E-state index contributed by atoms with van der Waals surface area (Å²) in [5, 5.41) is 5.16. The fraction of sp³-hybridized carbons (Fsp3) is 0.647. The lowest BCUT2D eigenvalue weighted by molar-refractivity contribution is -0.121. The molecule has 126 valence electrons. The molecule has 3 rings (SSSR count). The van der Waals surface area contributed by atoms with Crippen LogP contribution >= 0.6 is 11.3 Å². The van der Waals surface area contributed by atoms with Crippen molar-refractivity contribution in [3.63, 3.8) is 0 Å². The van der Waals surface area contributed by atoms with Gasteiger partial charge >= 0.3 is 0 Å². The Morgan fingerprint density at radius 2 is 2.30 bits per heavy atom. The van der Waals surface area contributed by atoms with E-state index in [0.717, 1.165) is 36.2 Å². The Kier molecular flexibility index (Phi) is 5.02. The molecule has 1 fully saturated rings. The Labute approximate surface area is 141 Å². The number of nitrogens with zero attached hydrogens (tertiary/aromatic N) is 3. The summed E-state index contributed by atoms with van der Waals surface area (Å²) >= 11 is 1.64. The number of rotatable bonds is 8. The highest BCUT2D eigenvalue weighted by Crippen LogP contribution is 2.27. The molecule has 0 bridgehead atoms. The predicted molar refractivity (Wildman–Crippen MR) is 94.0 cm³/mol. The van der Waals surface area contributed by atoms with Crippen molar-refractivity contribution in [3.8, 4) is 0 Å². The van der Waals surface area contributed by atoms with Gasteiger partial charge in [-0.25, -0.2) is 4.98 Å². The van der Waals surface area contributed by atoms with E-state index in [1.54, 1.807) is 11.3 Å². The Balaban J connectivity index is 1.42. The van der Waals surface area contributed by atoms with Crippen molar-refractivity contribution < 1.29 is 4.79 Å². The van der Waals surface area contributed by atoms with Crippen molar-refractivity contribution in [2.75, 3.05) is 13.1 Å². The number of imidazole rings is 1. The van der Waals surface area contributed by atoms with Gasteiger partial charge in [0.05, 0.1) is 5.69 Å². The van der Waals surface area contributed by atoms with Crippen LogP contribution in [-0.2, 0) is 11.2 Å². The molecule has 6 heteroatoms. The Morgan fingerprint density at radius 1 is 1.52 bits per heavy atom. The minimum Gasteiger partial charge on any atom is -0.355 e. The van der Waals surface area contributed by atoms with Crippen LogP contribution in [0.25, 0.3) is 4.96 Å². The fourth-order valence-electron chi connectivity index (χ4n) is 3.04. The monoisotopic (exact) mass is 334 g/mol. The Morgan fingerprint density at radius 3 is 3.00 bits per heavy atom. The van der Waals surface area contributed by atoms with Crippen molar-refractivity contribution in [1.82, 2.24) is 19.6 Å². The van der Waals surface area contributed by atoms with Crippen LogP contribution in [0.4, 0.5) is 0 Å². The molecule has 0 aromatic carbocycles. The second-order valence-corrected chi connectivity index (χ2v) is 7.51. The molecule has 2 heterocycles. The first kappa shape index (κ1) is 16.5. The molecule has 0 unspecified atom stereocenters. The molecular weight excluding hydrogens is 308 g/mol. The lowest BCUT2D eigenvalue weighted by Crippen LogP contribution is -2.40. The second kappa shape index (κ2) is 7.01. The smallest absolute Gasteiger partial charge is 0.220 e. The van der Waals surface area contributed by atoms with Crippen LogP contribution in [0.5, 0.6) is 0 Å². The molecule has 0 saturated heterocycles. The van der Waals surface area contributed by atoms with Gasteiger partial charge in [0, 0.05) is 48.9 Å². The van der Waals surface area contributed by atoms with Gasteiger partial charge in [0.1, 0.15) is 0 Å². The van der Waals surface area contributed by atoms with E-state index in [1.807, 2.05) is 13.1 Å². The van der Waals surface area contributed by atoms with E-state index < -0.39 is 0 Å². The molecule has 2 aromatic rings. The third kappa shape index (κ3) is 4.12. The van der Waals surface area contributed by atoms with Crippen LogP contribution in [0.3, 0.4) is 0 Å². The maximum Gasteiger partial charge on any atom is 0.220 e. The summed E-state index contributed by atoms with van der Waals surface area (Å²) in [5.74, 6) is 0.140. The number of carbonyl (C=O) groups is 1. The number of aryl methyl sites for hydroxylation is 2. The van der Waals surface area contributed by atoms with Gasteiger partial charge in [0.25, 0.3) is 0 Å². The summed E-state index contributed by atoms with van der Waals surface area (Å²) in [6.07, 6.45) is 5.96. The fourth-order valence-corrected chi connectivity index (χ4v) is 4.00. The summed E-state index contributed by atoms with van der Waals surface area (Å²) in [5.41, 5.74) is 2.19. The molecule has 0 spiro atoms. The first-order chi connectivity index (χ1) is 11.0. The van der Waals surface area contributed by atoms with Crippen LogP contribution in [0.1, 0.15) is 44.5 Å². The first-order valence-electron chi connectivity index (χ1n) is 8.49.